The molecule has 40 heavy (non-hydrogen) atoms. The topological polar surface area (TPSA) is 0 Å². The highest BCUT2D eigenvalue weighted by Gasteiger charge is 2.34. The van der Waals surface area contributed by atoms with Crippen LogP contribution >= 0.6 is 0 Å². The van der Waals surface area contributed by atoms with Crippen molar-refractivity contribution in [1.29, 1.82) is 0 Å². The quantitative estimate of drug-likeness (QED) is 0.222. The minimum atomic E-state index is 0.335. The Kier molecular flexibility index (Phi) is 5.35. The van der Waals surface area contributed by atoms with Crippen LogP contribution < -0.4 is 0 Å². The molecule has 0 N–H and O–H groups in total. The lowest BCUT2D eigenvalue weighted by atomic mass is 9.77. The Bertz CT molecular complexity index is 1910. The van der Waals surface area contributed by atoms with Gasteiger partial charge in [0.1, 0.15) is 0 Å². The largest absolute Gasteiger partial charge is 0.0836 e. The van der Waals surface area contributed by atoms with Gasteiger partial charge < -0.3 is 0 Å². The van der Waals surface area contributed by atoms with Crippen molar-refractivity contribution >= 4 is 22.9 Å². The van der Waals surface area contributed by atoms with Gasteiger partial charge in [-0.05, 0) is 84.3 Å². The fourth-order valence-electron chi connectivity index (χ4n) is 7.05. The number of allylic oxidation sites excluding steroid dienone is 6. The van der Waals surface area contributed by atoms with Gasteiger partial charge >= 0.3 is 0 Å². The van der Waals surface area contributed by atoms with E-state index in [9.17, 15) is 0 Å². The van der Waals surface area contributed by atoms with Crippen molar-refractivity contribution in [2.24, 2.45) is 5.92 Å². The molecule has 0 heterocycles. The molecule has 0 bridgehead atoms. The summed E-state index contributed by atoms with van der Waals surface area (Å²) in [4.78, 5) is 0. The SMILES string of the molecule is CC1C=Cc2c(c(C3C=CC=CC3)c3c(c2-c2ccccc2)-c2cccc4c(-c5ccccc5)ccc-3c24)C=C1. The molecule has 0 aliphatic heterocycles. The molecule has 0 radical (unpaired) electrons. The Morgan fingerprint density at radius 1 is 0.550 bits per heavy atom. The summed E-state index contributed by atoms with van der Waals surface area (Å²) >= 11 is 0. The molecule has 2 atom stereocenters. The maximum atomic E-state index is 2.41. The maximum absolute atomic E-state index is 2.41. The van der Waals surface area contributed by atoms with Gasteiger partial charge in [-0.3, -0.25) is 0 Å². The van der Waals surface area contributed by atoms with Gasteiger partial charge in [0.05, 0.1) is 0 Å². The van der Waals surface area contributed by atoms with Crippen molar-refractivity contribution in [2.45, 2.75) is 19.3 Å². The van der Waals surface area contributed by atoms with E-state index >= 15 is 0 Å². The van der Waals surface area contributed by atoms with Crippen LogP contribution in [0.5, 0.6) is 0 Å². The van der Waals surface area contributed by atoms with Crippen molar-refractivity contribution in [1.82, 2.24) is 0 Å². The third-order valence-corrected chi connectivity index (χ3v) is 8.83. The monoisotopic (exact) mass is 510 g/mol. The van der Waals surface area contributed by atoms with Crippen LogP contribution in [-0.4, -0.2) is 0 Å². The first-order valence-electron chi connectivity index (χ1n) is 14.4. The van der Waals surface area contributed by atoms with Gasteiger partial charge in [-0.25, -0.2) is 0 Å². The van der Waals surface area contributed by atoms with Gasteiger partial charge in [0.15, 0.2) is 0 Å². The van der Waals surface area contributed by atoms with E-state index in [0.717, 1.165) is 6.42 Å². The van der Waals surface area contributed by atoms with E-state index in [-0.39, 0.29) is 0 Å². The number of rotatable bonds is 3. The zero-order chi connectivity index (χ0) is 26.6. The van der Waals surface area contributed by atoms with E-state index in [4.69, 9.17) is 0 Å². The van der Waals surface area contributed by atoms with Crippen LogP contribution in [0.25, 0.3) is 67.4 Å². The summed E-state index contributed by atoms with van der Waals surface area (Å²) in [6.07, 6.45) is 19.7. The van der Waals surface area contributed by atoms with Crippen LogP contribution in [0.1, 0.15) is 36.0 Å². The molecule has 2 unspecified atom stereocenters. The molecule has 0 spiro atoms. The molecule has 0 nitrogen and oxygen atoms in total. The molecule has 0 aromatic heterocycles. The number of hydrogen-bond donors (Lipinski definition) is 0. The van der Waals surface area contributed by atoms with Crippen molar-refractivity contribution in [3.05, 3.63) is 144 Å². The first-order valence-corrected chi connectivity index (χ1v) is 14.4. The molecular weight excluding hydrogens is 480 g/mol. The molecule has 0 fully saturated rings. The van der Waals surface area contributed by atoms with Gasteiger partial charge in [-0.15, -0.1) is 0 Å². The Hall–Kier alpha value is -4.68. The summed E-state index contributed by atoms with van der Waals surface area (Å²) in [5.41, 5.74) is 14.9. The van der Waals surface area contributed by atoms with Gasteiger partial charge in [0.25, 0.3) is 0 Å². The van der Waals surface area contributed by atoms with Crippen LogP contribution in [0.3, 0.4) is 0 Å². The highest BCUT2D eigenvalue weighted by Crippen LogP contribution is 2.58. The van der Waals surface area contributed by atoms with Gasteiger partial charge in [0.2, 0.25) is 0 Å². The number of fused-ring (bicyclic) bond motifs is 4. The minimum Gasteiger partial charge on any atom is -0.0836 e. The van der Waals surface area contributed by atoms with Gasteiger partial charge in [-0.1, -0.05) is 147 Å². The van der Waals surface area contributed by atoms with E-state index in [1.165, 1.54) is 72.0 Å². The maximum Gasteiger partial charge on any atom is 0.00682 e. The molecule has 8 rings (SSSR count). The lowest BCUT2D eigenvalue weighted by molar-refractivity contribution is 0.854. The number of benzene rings is 5. The summed E-state index contributed by atoms with van der Waals surface area (Å²) in [6, 6.07) is 33.5. The zero-order valence-electron chi connectivity index (χ0n) is 22.6. The predicted octanol–water partition coefficient (Wildman–Crippen LogP) is 11.1. The van der Waals surface area contributed by atoms with Gasteiger partial charge in [0, 0.05) is 5.92 Å². The average molecular weight is 511 g/mol. The van der Waals surface area contributed by atoms with Crippen LogP contribution in [0.2, 0.25) is 0 Å². The molecular formula is C40H30. The molecule has 3 aliphatic rings. The Balaban J connectivity index is 1.55. The van der Waals surface area contributed by atoms with E-state index in [1.54, 1.807) is 0 Å². The zero-order valence-corrected chi connectivity index (χ0v) is 22.6. The summed E-state index contributed by atoms with van der Waals surface area (Å²) < 4.78 is 0. The predicted molar refractivity (Wildman–Crippen MR) is 172 cm³/mol. The van der Waals surface area contributed by atoms with Crippen LogP contribution in [-0.2, 0) is 0 Å². The second-order valence-electron chi connectivity index (χ2n) is 11.2. The summed E-state index contributed by atoms with van der Waals surface area (Å²) in [7, 11) is 0. The lowest BCUT2D eigenvalue weighted by Gasteiger charge is -2.26. The fourth-order valence-corrected chi connectivity index (χ4v) is 7.05. The molecule has 5 aromatic rings. The molecule has 0 saturated heterocycles. The molecule has 190 valence electrons. The Morgan fingerprint density at radius 2 is 1.25 bits per heavy atom. The third-order valence-electron chi connectivity index (χ3n) is 8.83. The molecule has 3 aliphatic carbocycles. The molecule has 5 aromatic carbocycles. The highest BCUT2D eigenvalue weighted by atomic mass is 14.4. The highest BCUT2D eigenvalue weighted by molar-refractivity contribution is 6.23. The van der Waals surface area contributed by atoms with Crippen molar-refractivity contribution < 1.29 is 0 Å². The molecule has 0 heteroatoms. The second kappa shape index (κ2) is 9.21. The van der Waals surface area contributed by atoms with Crippen LogP contribution in [0, 0.1) is 5.92 Å². The Morgan fingerprint density at radius 3 is 2.00 bits per heavy atom. The van der Waals surface area contributed by atoms with Crippen molar-refractivity contribution in [3.63, 3.8) is 0 Å². The standard InChI is InChI=1S/C40H30/c1-26-20-22-32-33(23-21-26)37(29-16-9-4-10-17-29)40-35-25-24-30(27-12-5-2-6-13-27)31-18-11-19-34(38(31)35)39(40)36(32)28-14-7-3-8-15-28/h2-16,18-26,29H,17H2,1H3. The summed E-state index contributed by atoms with van der Waals surface area (Å²) in [6.45, 7) is 2.28. The van der Waals surface area contributed by atoms with Crippen LogP contribution in [0.15, 0.2) is 127 Å². The second-order valence-corrected chi connectivity index (χ2v) is 11.2. The molecule has 0 saturated carbocycles. The van der Waals surface area contributed by atoms with E-state index in [0.29, 0.717) is 11.8 Å². The van der Waals surface area contributed by atoms with Crippen molar-refractivity contribution in [2.75, 3.05) is 0 Å². The summed E-state index contributed by atoms with van der Waals surface area (Å²) in [5.74, 6) is 0.728. The van der Waals surface area contributed by atoms with E-state index < -0.39 is 0 Å². The van der Waals surface area contributed by atoms with Gasteiger partial charge in [-0.2, -0.15) is 0 Å². The third kappa shape index (κ3) is 3.46. The van der Waals surface area contributed by atoms with Crippen LogP contribution in [0.4, 0.5) is 0 Å². The summed E-state index contributed by atoms with van der Waals surface area (Å²) in [5, 5.41) is 2.71. The van der Waals surface area contributed by atoms with Crippen molar-refractivity contribution in [3.8, 4) is 44.5 Å². The first kappa shape index (κ1) is 23.2. The van der Waals surface area contributed by atoms with E-state index in [2.05, 4.69) is 147 Å². The Labute approximate surface area is 236 Å². The first-order chi connectivity index (χ1) is 19.8. The average Bonchev–Trinajstić information content (AvgIpc) is 3.22. The minimum absolute atomic E-state index is 0.335. The van der Waals surface area contributed by atoms with E-state index in [1.807, 2.05) is 0 Å². The lowest BCUT2D eigenvalue weighted by Crippen LogP contribution is -2.06. The smallest absolute Gasteiger partial charge is 0.00682 e. The number of hydrogen-bond acceptors (Lipinski definition) is 0. The fraction of sp³-hybridized carbons (Fsp3) is 0.100. The normalized spacial score (nSPS) is 18.1. The molecule has 0 amide bonds.